The monoisotopic (exact) mass is 352 g/mol. The molecule has 3 N–H and O–H groups in total. The van der Waals surface area contributed by atoms with Crippen LogP contribution in [0.3, 0.4) is 0 Å². The van der Waals surface area contributed by atoms with Gasteiger partial charge in [0.15, 0.2) is 0 Å². The number of nitro benzene ring substituents is 1. The summed E-state index contributed by atoms with van der Waals surface area (Å²) in [6, 6.07) is 8.50. The molecule has 1 aromatic carbocycles. The number of nitrogens with zero attached hydrogens (tertiary/aromatic N) is 3. The third-order valence-electron chi connectivity index (χ3n) is 3.62. The van der Waals surface area contributed by atoms with Crippen molar-refractivity contribution in [1.82, 2.24) is 6.15 Å². The number of benzene rings is 1. The molecule has 1 rings (SSSR count). The van der Waals surface area contributed by atoms with Crippen molar-refractivity contribution in [2.45, 2.75) is 26.2 Å². The third-order valence-corrected chi connectivity index (χ3v) is 3.62. The fourth-order valence-electron chi connectivity index (χ4n) is 2.34. The van der Waals surface area contributed by atoms with E-state index in [1.807, 2.05) is 32.1 Å². The summed E-state index contributed by atoms with van der Waals surface area (Å²) in [6.07, 6.45) is 7.34. The number of aliphatic imine (C=N–C) groups is 1. The summed E-state index contributed by atoms with van der Waals surface area (Å²) in [7, 11) is 0. The summed E-state index contributed by atoms with van der Waals surface area (Å²) in [5, 5.41) is 20.0. The number of hydrogen-bond donors (Lipinski definition) is 1. The molecule has 136 valence electrons. The summed E-state index contributed by atoms with van der Waals surface area (Å²) in [4.78, 5) is 15.1. The molecule has 26 heavy (non-hydrogen) atoms. The maximum absolute atomic E-state index is 11.1. The smallest absolute Gasteiger partial charge is 0.269 e. The van der Waals surface area contributed by atoms with E-state index in [-0.39, 0.29) is 17.8 Å². The molecule has 0 saturated heterocycles. The average molecular weight is 352 g/mol. The van der Waals surface area contributed by atoms with E-state index in [1.165, 1.54) is 6.07 Å². The van der Waals surface area contributed by atoms with Crippen molar-refractivity contribution < 1.29 is 4.92 Å². The third kappa shape index (κ3) is 6.67. The molecule has 6 heteroatoms. The number of hydrogen-bond acceptors (Lipinski definition) is 5. The molecule has 0 heterocycles. The minimum absolute atomic E-state index is 0. The predicted molar refractivity (Wildman–Crippen MR) is 106 cm³/mol. The van der Waals surface area contributed by atoms with Gasteiger partial charge < -0.3 is 6.15 Å². The molecule has 1 atom stereocenters. The first-order valence-electron chi connectivity index (χ1n) is 7.74. The Morgan fingerprint density at radius 1 is 1.50 bits per heavy atom. The molecule has 0 fully saturated rings. The molecule has 0 amide bonds. The zero-order chi connectivity index (χ0) is 18.8. The number of nitriles is 1. The molecule has 1 aromatic rings. The standard InChI is InChI=1S/C20H21N3O2.H3N/c1-5-10-22-16(4)20(12-17(6-2)11-15(3)14-21)18-8-7-9-19(13-18)23(24)25;/h5-11,13,20H,2-3,12H2,1,4H3;1H3/b10-5-,17-11+,22-16?;. The molecule has 0 saturated carbocycles. The van der Waals surface area contributed by atoms with Crippen LogP contribution in [0.2, 0.25) is 0 Å². The second kappa shape index (κ2) is 11.3. The van der Waals surface area contributed by atoms with Crippen molar-refractivity contribution in [3.63, 3.8) is 0 Å². The Morgan fingerprint density at radius 2 is 2.19 bits per heavy atom. The first-order chi connectivity index (χ1) is 11.9. The van der Waals surface area contributed by atoms with Crippen LogP contribution in [0.15, 0.2) is 78.0 Å². The normalized spacial score (nSPS) is 12.8. The van der Waals surface area contributed by atoms with Crippen molar-refractivity contribution in [1.29, 1.82) is 5.26 Å². The molecule has 0 radical (unpaired) electrons. The van der Waals surface area contributed by atoms with E-state index >= 15 is 0 Å². The zero-order valence-electron chi connectivity index (χ0n) is 15.2. The minimum atomic E-state index is -0.416. The van der Waals surface area contributed by atoms with Crippen LogP contribution in [0.5, 0.6) is 0 Å². The molecule has 0 aliphatic rings. The highest BCUT2D eigenvalue weighted by molar-refractivity contribution is 5.89. The molecule has 0 aliphatic heterocycles. The fraction of sp³-hybridized carbons (Fsp3) is 0.200. The number of non-ortho nitro benzene ring substituents is 1. The highest BCUT2D eigenvalue weighted by Gasteiger charge is 2.19. The summed E-state index contributed by atoms with van der Waals surface area (Å²) < 4.78 is 0. The van der Waals surface area contributed by atoms with Crippen LogP contribution >= 0.6 is 0 Å². The van der Waals surface area contributed by atoms with Gasteiger partial charge in [0.05, 0.1) is 11.0 Å². The van der Waals surface area contributed by atoms with E-state index in [2.05, 4.69) is 18.2 Å². The maximum Gasteiger partial charge on any atom is 0.269 e. The van der Waals surface area contributed by atoms with Crippen LogP contribution in [-0.4, -0.2) is 10.6 Å². The summed E-state index contributed by atoms with van der Waals surface area (Å²) in [6.45, 7) is 11.2. The first-order valence-corrected chi connectivity index (χ1v) is 7.74. The molecule has 0 spiro atoms. The molecule has 0 bridgehead atoms. The lowest BCUT2D eigenvalue weighted by molar-refractivity contribution is -0.384. The van der Waals surface area contributed by atoms with E-state index < -0.39 is 4.92 Å². The van der Waals surface area contributed by atoms with Gasteiger partial charge in [-0.1, -0.05) is 37.4 Å². The van der Waals surface area contributed by atoms with Gasteiger partial charge in [0, 0.05) is 35.5 Å². The number of allylic oxidation sites excluding steroid dienone is 5. The molecule has 6 nitrogen and oxygen atoms in total. The molecule has 0 aromatic heterocycles. The highest BCUT2D eigenvalue weighted by atomic mass is 16.6. The van der Waals surface area contributed by atoms with Crippen LogP contribution < -0.4 is 6.15 Å². The number of rotatable bonds is 8. The van der Waals surface area contributed by atoms with Crippen molar-refractivity contribution >= 4 is 11.4 Å². The van der Waals surface area contributed by atoms with E-state index in [0.29, 0.717) is 12.0 Å². The van der Waals surface area contributed by atoms with Gasteiger partial charge in [-0.25, -0.2) is 0 Å². The lowest BCUT2D eigenvalue weighted by atomic mass is 9.87. The highest BCUT2D eigenvalue weighted by Crippen LogP contribution is 2.29. The van der Waals surface area contributed by atoms with Gasteiger partial charge in [0.2, 0.25) is 0 Å². The fourth-order valence-corrected chi connectivity index (χ4v) is 2.34. The van der Waals surface area contributed by atoms with Gasteiger partial charge in [-0.2, -0.15) is 5.26 Å². The van der Waals surface area contributed by atoms with Crippen molar-refractivity contribution in [3.05, 3.63) is 88.7 Å². The quantitative estimate of drug-likeness (QED) is 0.221. The van der Waals surface area contributed by atoms with Crippen LogP contribution in [0.1, 0.15) is 31.7 Å². The van der Waals surface area contributed by atoms with E-state index in [1.54, 1.807) is 30.5 Å². The Hall–Kier alpha value is -3.30. The van der Waals surface area contributed by atoms with Gasteiger partial charge in [-0.15, -0.1) is 0 Å². The maximum atomic E-state index is 11.1. The Kier molecular flexibility index (Phi) is 9.86. The Morgan fingerprint density at radius 3 is 2.73 bits per heavy atom. The van der Waals surface area contributed by atoms with Crippen LogP contribution in [0.4, 0.5) is 5.69 Å². The largest absolute Gasteiger partial charge is 0.344 e. The van der Waals surface area contributed by atoms with Crippen LogP contribution in [-0.2, 0) is 0 Å². The topological polar surface area (TPSA) is 114 Å². The van der Waals surface area contributed by atoms with Crippen molar-refractivity contribution in [2.75, 3.05) is 0 Å². The Bertz CT molecular complexity index is 798. The summed E-state index contributed by atoms with van der Waals surface area (Å²) in [5.41, 5.74) is 2.78. The van der Waals surface area contributed by atoms with E-state index in [0.717, 1.165) is 16.8 Å². The predicted octanol–water partition coefficient (Wildman–Crippen LogP) is 5.42. The van der Waals surface area contributed by atoms with Crippen LogP contribution in [0, 0.1) is 21.4 Å². The zero-order valence-corrected chi connectivity index (χ0v) is 15.2. The van der Waals surface area contributed by atoms with Crippen molar-refractivity contribution in [2.24, 2.45) is 4.99 Å². The molecular formula is C20H24N4O2. The molecule has 1 unspecified atom stereocenters. The van der Waals surface area contributed by atoms with Gasteiger partial charge in [-0.05, 0) is 37.5 Å². The average Bonchev–Trinajstić information content (AvgIpc) is 2.62. The molecular weight excluding hydrogens is 328 g/mol. The second-order valence-corrected chi connectivity index (χ2v) is 5.42. The van der Waals surface area contributed by atoms with Crippen molar-refractivity contribution in [3.8, 4) is 6.07 Å². The summed E-state index contributed by atoms with van der Waals surface area (Å²) >= 11 is 0. The van der Waals surface area contributed by atoms with Gasteiger partial charge in [0.25, 0.3) is 5.69 Å². The lowest BCUT2D eigenvalue weighted by Crippen LogP contribution is -2.10. The Balaban J connectivity index is 0.00000625. The minimum Gasteiger partial charge on any atom is -0.344 e. The van der Waals surface area contributed by atoms with Gasteiger partial charge >= 0.3 is 0 Å². The van der Waals surface area contributed by atoms with Gasteiger partial charge in [-0.3, -0.25) is 15.1 Å². The van der Waals surface area contributed by atoms with E-state index in [4.69, 9.17) is 5.26 Å². The lowest BCUT2D eigenvalue weighted by Gasteiger charge is -2.18. The Labute approximate surface area is 154 Å². The molecule has 0 aliphatic carbocycles. The second-order valence-electron chi connectivity index (χ2n) is 5.42. The SMILES string of the molecule is C=C/C(=C\C(=C)C#N)CC(C(C)=N/C=C\C)c1cccc([N+](=O)[O-])c1.N. The summed E-state index contributed by atoms with van der Waals surface area (Å²) in [5.74, 6) is -0.174. The van der Waals surface area contributed by atoms with E-state index in [9.17, 15) is 10.1 Å². The number of nitro groups is 1. The first kappa shape index (κ1) is 22.7. The van der Waals surface area contributed by atoms with Crippen LogP contribution in [0.25, 0.3) is 0 Å². The van der Waals surface area contributed by atoms with Gasteiger partial charge in [0.1, 0.15) is 0 Å².